The van der Waals surface area contributed by atoms with Gasteiger partial charge in [-0.15, -0.1) is 0 Å². The van der Waals surface area contributed by atoms with Gasteiger partial charge < -0.3 is 9.15 Å². The summed E-state index contributed by atoms with van der Waals surface area (Å²) in [6.45, 7) is 2.03. The van der Waals surface area contributed by atoms with Crippen LogP contribution < -0.4 is 4.74 Å². The van der Waals surface area contributed by atoms with Gasteiger partial charge in [0, 0.05) is 44.4 Å². The molecule has 0 unspecified atom stereocenters. The molecule has 0 saturated carbocycles. The van der Waals surface area contributed by atoms with Crippen LogP contribution >= 0.6 is 23.2 Å². The zero-order chi connectivity index (χ0) is 21.8. The average molecular weight is 458 g/mol. The first-order chi connectivity index (χ1) is 15.6. The number of ether oxygens (including phenoxy) is 1. The molecule has 3 nitrogen and oxygen atoms in total. The molecule has 0 bridgehead atoms. The summed E-state index contributed by atoms with van der Waals surface area (Å²) >= 11 is 12.3. The molecule has 1 aromatic heterocycles. The van der Waals surface area contributed by atoms with E-state index in [2.05, 4.69) is 18.2 Å². The Bertz CT molecular complexity index is 1530. The second-order valence-corrected chi connectivity index (χ2v) is 8.60. The number of aryl methyl sites for hydroxylation is 1. The molecule has 156 valence electrons. The van der Waals surface area contributed by atoms with Gasteiger partial charge in [0.1, 0.15) is 17.0 Å². The van der Waals surface area contributed by atoms with Gasteiger partial charge >= 0.3 is 0 Å². The van der Waals surface area contributed by atoms with Crippen molar-refractivity contribution in [2.75, 3.05) is 0 Å². The molecule has 0 spiro atoms. The van der Waals surface area contributed by atoms with Gasteiger partial charge in [0.2, 0.25) is 0 Å². The third kappa shape index (κ3) is 3.01. The first kappa shape index (κ1) is 19.4. The van der Waals surface area contributed by atoms with E-state index in [0.717, 1.165) is 62.1 Å². The molecule has 5 aromatic rings. The number of benzene rings is 4. The maximum absolute atomic E-state index is 6.59. The Morgan fingerprint density at radius 1 is 0.844 bits per heavy atom. The van der Waals surface area contributed by atoms with Crippen molar-refractivity contribution in [1.82, 2.24) is 4.98 Å². The lowest BCUT2D eigenvalue weighted by atomic mass is 9.88. The molecular formula is C27H17Cl2NO2. The number of nitrogens with zero attached hydrogens (tertiary/aromatic N) is 1. The van der Waals surface area contributed by atoms with Gasteiger partial charge in [0.25, 0.3) is 0 Å². The lowest BCUT2D eigenvalue weighted by Crippen LogP contribution is -2.07. The van der Waals surface area contributed by atoms with E-state index in [1.54, 1.807) is 0 Å². The molecule has 6 rings (SSSR count). The lowest BCUT2D eigenvalue weighted by molar-refractivity contribution is 0.513. The Balaban J connectivity index is 1.70. The van der Waals surface area contributed by atoms with Crippen LogP contribution in [0.1, 0.15) is 29.5 Å². The molecule has 4 aromatic carbocycles. The number of halogens is 2. The Labute approximate surface area is 194 Å². The molecule has 2 heterocycles. The van der Waals surface area contributed by atoms with Crippen molar-refractivity contribution in [2.45, 2.75) is 13.3 Å². The van der Waals surface area contributed by atoms with Gasteiger partial charge in [0.15, 0.2) is 11.5 Å². The quantitative estimate of drug-likeness (QED) is 0.274. The maximum atomic E-state index is 6.59. The van der Waals surface area contributed by atoms with E-state index in [4.69, 9.17) is 37.3 Å². The first-order valence-corrected chi connectivity index (χ1v) is 11.2. The summed E-state index contributed by atoms with van der Waals surface area (Å²) < 4.78 is 12.6. The maximum Gasteiger partial charge on any atom is 0.195 e. The van der Waals surface area contributed by atoms with Crippen molar-refractivity contribution < 1.29 is 9.15 Å². The monoisotopic (exact) mass is 457 g/mol. The molecule has 32 heavy (non-hydrogen) atoms. The second kappa shape index (κ2) is 7.40. The molecule has 0 saturated heterocycles. The third-order valence-electron chi connectivity index (χ3n) is 5.78. The van der Waals surface area contributed by atoms with Gasteiger partial charge in [0.05, 0.1) is 0 Å². The zero-order valence-corrected chi connectivity index (χ0v) is 18.7. The minimum atomic E-state index is 0.677. The van der Waals surface area contributed by atoms with E-state index in [0.29, 0.717) is 15.9 Å². The predicted octanol–water partition coefficient (Wildman–Crippen LogP) is 8.16. The summed E-state index contributed by atoms with van der Waals surface area (Å²) in [7, 11) is 0. The van der Waals surface area contributed by atoms with E-state index in [-0.39, 0.29) is 0 Å². The number of rotatable bonds is 3. The molecule has 0 aliphatic carbocycles. The number of hydrogen-bond acceptors (Lipinski definition) is 3. The van der Waals surface area contributed by atoms with Gasteiger partial charge in [-0.05, 0) is 47.5 Å². The van der Waals surface area contributed by atoms with Gasteiger partial charge in [-0.1, -0.05) is 60.5 Å². The molecule has 0 N–H and O–H groups in total. The fourth-order valence-corrected chi connectivity index (χ4v) is 4.56. The first-order valence-electron chi connectivity index (χ1n) is 10.4. The van der Waals surface area contributed by atoms with E-state index >= 15 is 0 Å². The van der Waals surface area contributed by atoms with E-state index in [1.807, 2.05) is 61.5 Å². The summed E-state index contributed by atoms with van der Waals surface area (Å²) in [4.78, 5) is 4.73. The largest absolute Gasteiger partial charge is 0.455 e. The van der Waals surface area contributed by atoms with Crippen molar-refractivity contribution in [3.63, 3.8) is 0 Å². The van der Waals surface area contributed by atoms with Gasteiger partial charge in [-0.2, -0.15) is 0 Å². The van der Waals surface area contributed by atoms with Crippen LogP contribution in [0.3, 0.4) is 0 Å². The molecule has 0 amide bonds. The van der Waals surface area contributed by atoms with Crippen LogP contribution in [-0.4, -0.2) is 4.98 Å². The van der Waals surface area contributed by atoms with Crippen molar-refractivity contribution >= 4 is 56.4 Å². The fraction of sp³-hybridized carbons (Fsp3) is 0.0741. The van der Waals surface area contributed by atoms with Crippen LogP contribution in [-0.2, 0) is 6.42 Å². The van der Waals surface area contributed by atoms with Crippen LogP contribution in [0.2, 0.25) is 10.0 Å². The standard InChI is InChI=1S/C27H17Cl2NO2/c1-2-23-30-26-20-5-3-4-19-24(15-6-10-17(28)11-7-15)27(16-8-12-18(29)13-9-16)32-21(25(19)20)14-22(26)31-23/h3-14H,2H2,1H3. The molecule has 0 fully saturated rings. The summed E-state index contributed by atoms with van der Waals surface area (Å²) in [6.07, 6.45) is 0.732. The number of oxazole rings is 1. The highest BCUT2D eigenvalue weighted by atomic mass is 35.5. The van der Waals surface area contributed by atoms with Crippen LogP contribution in [0.25, 0.3) is 33.2 Å². The number of aromatic nitrogens is 1. The molecule has 5 heteroatoms. The SMILES string of the molecule is CCc1nc2c(cc3c4c(cccc42)C(c2ccc(Cl)cc2)=C(c2ccc(Cl)cc2)O3)o1. The molecule has 1 aliphatic rings. The average Bonchev–Trinajstić information content (AvgIpc) is 3.24. The summed E-state index contributed by atoms with van der Waals surface area (Å²) in [5.41, 5.74) is 5.63. The molecular weight excluding hydrogens is 441 g/mol. The summed E-state index contributed by atoms with van der Waals surface area (Å²) in [6, 6.07) is 23.7. The molecule has 1 aliphatic heterocycles. The van der Waals surface area contributed by atoms with Gasteiger partial charge in [-0.25, -0.2) is 4.98 Å². The highest BCUT2D eigenvalue weighted by Crippen LogP contribution is 2.47. The normalized spacial score (nSPS) is 13.1. The fourth-order valence-electron chi connectivity index (χ4n) is 4.31. The Kier molecular flexibility index (Phi) is 4.49. The Hall–Kier alpha value is -3.27. The van der Waals surface area contributed by atoms with Crippen molar-refractivity contribution in [2.24, 2.45) is 0 Å². The minimum Gasteiger partial charge on any atom is -0.455 e. The third-order valence-corrected chi connectivity index (χ3v) is 6.28. The van der Waals surface area contributed by atoms with Crippen molar-refractivity contribution in [3.05, 3.63) is 105 Å². The minimum absolute atomic E-state index is 0.677. The van der Waals surface area contributed by atoms with Crippen LogP contribution in [0, 0.1) is 0 Å². The highest BCUT2D eigenvalue weighted by molar-refractivity contribution is 6.31. The van der Waals surface area contributed by atoms with Crippen LogP contribution in [0.4, 0.5) is 0 Å². The number of fused-ring (bicyclic) bond motifs is 2. The van der Waals surface area contributed by atoms with Gasteiger partial charge in [-0.3, -0.25) is 0 Å². The highest BCUT2D eigenvalue weighted by Gasteiger charge is 2.27. The number of hydrogen-bond donors (Lipinski definition) is 0. The topological polar surface area (TPSA) is 35.3 Å². The van der Waals surface area contributed by atoms with Crippen molar-refractivity contribution in [3.8, 4) is 5.75 Å². The lowest BCUT2D eigenvalue weighted by Gasteiger charge is -2.25. The Morgan fingerprint density at radius 2 is 1.53 bits per heavy atom. The van der Waals surface area contributed by atoms with E-state index < -0.39 is 0 Å². The van der Waals surface area contributed by atoms with E-state index in [1.165, 1.54) is 0 Å². The van der Waals surface area contributed by atoms with Crippen molar-refractivity contribution in [1.29, 1.82) is 0 Å². The molecule has 0 radical (unpaired) electrons. The smallest absolute Gasteiger partial charge is 0.195 e. The Morgan fingerprint density at radius 3 is 2.22 bits per heavy atom. The summed E-state index contributed by atoms with van der Waals surface area (Å²) in [5, 5.41) is 3.41. The van der Waals surface area contributed by atoms with E-state index in [9.17, 15) is 0 Å². The predicted molar refractivity (Wildman–Crippen MR) is 130 cm³/mol. The van der Waals surface area contributed by atoms with Crippen LogP contribution in [0.15, 0.2) is 77.2 Å². The summed E-state index contributed by atoms with van der Waals surface area (Å²) in [5.74, 6) is 2.23. The molecule has 0 atom stereocenters. The zero-order valence-electron chi connectivity index (χ0n) is 17.2. The van der Waals surface area contributed by atoms with Crippen LogP contribution in [0.5, 0.6) is 5.75 Å². The second-order valence-electron chi connectivity index (χ2n) is 7.73.